The molecule has 2 unspecified atom stereocenters. The molecule has 2 atom stereocenters. The van der Waals surface area contributed by atoms with Gasteiger partial charge >= 0.3 is 0 Å². The zero-order valence-electron chi connectivity index (χ0n) is 23.4. The predicted octanol–water partition coefficient (Wildman–Crippen LogP) is 10.1. The Hall–Kier alpha value is -5.45. The molecule has 0 saturated carbocycles. The van der Waals surface area contributed by atoms with Gasteiger partial charge in [-0.1, -0.05) is 109 Å². The monoisotopic (exact) mass is 543 g/mol. The topological polar surface area (TPSA) is 23.8 Å². The molecule has 0 aliphatic heterocycles. The summed E-state index contributed by atoms with van der Waals surface area (Å²) in [6, 6.07) is 47.0. The van der Waals surface area contributed by atoms with Crippen molar-refractivity contribution in [1.29, 1.82) is 5.26 Å². The van der Waals surface area contributed by atoms with E-state index in [0.717, 1.165) is 12.0 Å². The van der Waals surface area contributed by atoms with E-state index in [4.69, 9.17) is 0 Å². The van der Waals surface area contributed by atoms with Gasteiger partial charge in [0.2, 0.25) is 0 Å². The Bertz CT molecular complexity index is 2280. The van der Waals surface area contributed by atoms with Crippen LogP contribution in [-0.4, -0.2) is 0 Å². The highest BCUT2D eigenvalue weighted by Gasteiger charge is 2.53. The van der Waals surface area contributed by atoms with Crippen LogP contribution in [0.15, 0.2) is 127 Å². The number of benzene rings is 6. The van der Waals surface area contributed by atoms with Crippen molar-refractivity contribution in [3.8, 4) is 50.6 Å². The van der Waals surface area contributed by atoms with Crippen molar-refractivity contribution >= 4 is 6.08 Å². The van der Waals surface area contributed by atoms with Crippen molar-refractivity contribution in [3.63, 3.8) is 0 Å². The van der Waals surface area contributed by atoms with Crippen LogP contribution >= 0.6 is 0 Å². The fourth-order valence-electron chi connectivity index (χ4n) is 8.79. The molecule has 0 saturated heterocycles. The molecule has 4 aliphatic carbocycles. The van der Waals surface area contributed by atoms with Gasteiger partial charge in [0.15, 0.2) is 0 Å². The Balaban J connectivity index is 1.35. The van der Waals surface area contributed by atoms with Gasteiger partial charge in [-0.2, -0.15) is 5.26 Å². The summed E-state index contributed by atoms with van der Waals surface area (Å²) in [4.78, 5) is 0. The van der Waals surface area contributed by atoms with Crippen molar-refractivity contribution in [2.24, 2.45) is 0 Å². The molecule has 10 rings (SSSR count). The fourth-order valence-corrected chi connectivity index (χ4v) is 8.79. The van der Waals surface area contributed by atoms with E-state index in [0.29, 0.717) is 11.5 Å². The molecule has 1 spiro atoms. The fraction of sp³-hybridized carbons (Fsp3) is 0.0714. The number of rotatable bonds is 1. The summed E-state index contributed by atoms with van der Waals surface area (Å²) < 4.78 is 0. The highest BCUT2D eigenvalue weighted by Crippen LogP contribution is 2.66. The predicted molar refractivity (Wildman–Crippen MR) is 174 cm³/mol. The number of nitrogens with zero attached hydrogens (tertiary/aromatic N) is 1. The third-order valence-electron chi connectivity index (χ3n) is 10.4. The summed E-state index contributed by atoms with van der Waals surface area (Å²) in [6.07, 6.45) is 5.86. The van der Waals surface area contributed by atoms with Gasteiger partial charge in [-0.25, -0.2) is 0 Å². The highest BCUT2D eigenvalue weighted by molar-refractivity contribution is 6.01. The summed E-state index contributed by atoms with van der Waals surface area (Å²) in [7, 11) is 0. The molecule has 0 bridgehead atoms. The van der Waals surface area contributed by atoms with Gasteiger partial charge in [0.1, 0.15) is 0 Å². The van der Waals surface area contributed by atoms with Gasteiger partial charge in [0.25, 0.3) is 0 Å². The zero-order valence-corrected chi connectivity index (χ0v) is 23.4. The first-order valence-electron chi connectivity index (χ1n) is 15.1. The van der Waals surface area contributed by atoms with Crippen LogP contribution in [0.4, 0.5) is 0 Å². The molecule has 0 aromatic heterocycles. The van der Waals surface area contributed by atoms with Gasteiger partial charge in [-0.3, -0.25) is 0 Å². The van der Waals surface area contributed by atoms with Crippen molar-refractivity contribution < 1.29 is 0 Å². The standard InChI is InChI=1S/C42H25N/c43-24-25-16-18-26(19-17-25)27-20-21-31-30-10-3-5-14-36(30)42(38(31)22-27)37-15-6-4-11-33(37)41-34-13-7-12-32-28-8-1-2-9-29(28)35(40(32)34)23-39(41)42/h1-11,13-23,32H,12H2. The first-order valence-corrected chi connectivity index (χ1v) is 15.1. The van der Waals surface area contributed by atoms with E-state index >= 15 is 0 Å². The van der Waals surface area contributed by atoms with Crippen LogP contribution in [0.5, 0.6) is 0 Å². The van der Waals surface area contributed by atoms with Gasteiger partial charge in [-0.05, 0) is 114 Å². The molecule has 0 radical (unpaired) electrons. The van der Waals surface area contributed by atoms with E-state index in [2.05, 4.69) is 127 Å². The summed E-state index contributed by atoms with van der Waals surface area (Å²) >= 11 is 0. The lowest BCUT2D eigenvalue weighted by Gasteiger charge is -2.32. The molecule has 6 aromatic carbocycles. The molecule has 43 heavy (non-hydrogen) atoms. The van der Waals surface area contributed by atoms with Crippen molar-refractivity contribution in [2.45, 2.75) is 17.8 Å². The van der Waals surface area contributed by atoms with E-state index in [1.807, 2.05) is 12.1 Å². The van der Waals surface area contributed by atoms with Crippen molar-refractivity contribution in [3.05, 3.63) is 172 Å². The Morgan fingerprint density at radius 3 is 2.07 bits per heavy atom. The number of allylic oxidation sites excluding steroid dienone is 1. The van der Waals surface area contributed by atoms with E-state index < -0.39 is 5.41 Å². The lowest BCUT2D eigenvalue weighted by molar-refractivity contribution is 0.791. The summed E-state index contributed by atoms with van der Waals surface area (Å²) in [5.41, 5.74) is 20.6. The van der Waals surface area contributed by atoms with Gasteiger partial charge < -0.3 is 0 Å². The van der Waals surface area contributed by atoms with Crippen LogP contribution in [-0.2, 0) is 5.41 Å². The molecule has 4 aliphatic rings. The maximum atomic E-state index is 9.39. The molecule has 1 heteroatoms. The van der Waals surface area contributed by atoms with Gasteiger partial charge in [0, 0.05) is 5.92 Å². The summed E-state index contributed by atoms with van der Waals surface area (Å²) in [6.45, 7) is 0. The minimum Gasteiger partial charge on any atom is -0.192 e. The number of fused-ring (bicyclic) bond motifs is 14. The molecular formula is C42H25N. The molecule has 6 aromatic rings. The number of nitriles is 1. The second-order valence-corrected chi connectivity index (χ2v) is 12.2. The van der Waals surface area contributed by atoms with E-state index in [9.17, 15) is 5.26 Å². The van der Waals surface area contributed by atoms with Gasteiger partial charge in [-0.15, -0.1) is 0 Å². The van der Waals surface area contributed by atoms with Crippen LogP contribution in [0.1, 0.15) is 56.8 Å². The van der Waals surface area contributed by atoms with Gasteiger partial charge in [0.05, 0.1) is 17.0 Å². The number of hydrogen-bond donors (Lipinski definition) is 0. The maximum absolute atomic E-state index is 9.39. The van der Waals surface area contributed by atoms with Crippen molar-refractivity contribution in [2.75, 3.05) is 0 Å². The third-order valence-corrected chi connectivity index (χ3v) is 10.4. The highest BCUT2D eigenvalue weighted by atomic mass is 14.5. The smallest absolute Gasteiger partial charge is 0.0991 e. The van der Waals surface area contributed by atoms with E-state index in [-0.39, 0.29) is 0 Å². The zero-order chi connectivity index (χ0) is 28.3. The van der Waals surface area contributed by atoms with E-state index in [1.165, 1.54) is 77.9 Å². The Morgan fingerprint density at radius 1 is 0.581 bits per heavy atom. The molecule has 0 amide bonds. The second kappa shape index (κ2) is 8.09. The van der Waals surface area contributed by atoms with Crippen LogP contribution in [0.2, 0.25) is 0 Å². The SMILES string of the molecule is N#Cc1ccc(-c2ccc3c(c2)C2(c4ccccc4-3)c3ccccc3-c3c2cc2c4c3C=CCC4c3ccccc3-2)cc1. The van der Waals surface area contributed by atoms with E-state index in [1.54, 1.807) is 0 Å². The summed E-state index contributed by atoms with van der Waals surface area (Å²) in [5, 5.41) is 9.39. The molecular weight excluding hydrogens is 518 g/mol. The lowest BCUT2D eigenvalue weighted by atomic mass is 9.69. The number of hydrogen-bond acceptors (Lipinski definition) is 1. The first kappa shape index (κ1) is 23.1. The summed E-state index contributed by atoms with van der Waals surface area (Å²) in [5.74, 6) is 0.423. The molecule has 198 valence electrons. The normalized spacial score (nSPS) is 18.8. The largest absolute Gasteiger partial charge is 0.192 e. The quantitative estimate of drug-likeness (QED) is 0.202. The van der Waals surface area contributed by atoms with Crippen LogP contribution in [0.25, 0.3) is 50.6 Å². The third kappa shape index (κ3) is 2.72. The molecule has 0 fully saturated rings. The van der Waals surface area contributed by atoms with Crippen LogP contribution in [0.3, 0.4) is 0 Å². The minimum absolute atomic E-state index is 0.412. The first-order chi connectivity index (χ1) is 21.3. The Morgan fingerprint density at radius 2 is 1.26 bits per heavy atom. The molecule has 1 nitrogen and oxygen atoms in total. The van der Waals surface area contributed by atoms with Crippen LogP contribution < -0.4 is 0 Å². The van der Waals surface area contributed by atoms with Crippen molar-refractivity contribution in [1.82, 2.24) is 0 Å². The lowest BCUT2D eigenvalue weighted by Crippen LogP contribution is -2.26. The second-order valence-electron chi connectivity index (χ2n) is 12.2. The minimum atomic E-state index is -0.412. The average Bonchev–Trinajstić information content (AvgIpc) is 3.67. The average molecular weight is 544 g/mol. The maximum Gasteiger partial charge on any atom is 0.0991 e. The molecule has 0 N–H and O–H groups in total. The Labute approximate surface area is 251 Å². The van der Waals surface area contributed by atoms with Crippen LogP contribution in [0, 0.1) is 11.3 Å². The Kier molecular flexibility index (Phi) is 4.36. The molecule has 0 heterocycles.